The standard InChI is InChI=1S/C11H16N2S/c1-6(12)10-9(7-2-3-7)13-11(14-10)8-4-5-8/h6-8H,2-5,12H2,1H3. The minimum atomic E-state index is 0.176. The van der Waals surface area contributed by atoms with Gasteiger partial charge in [0.2, 0.25) is 0 Å². The van der Waals surface area contributed by atoms with E-state index in [0.29, 0.717) is 0 Å². The Hall–Kier alpha value is -0.410. The van der Waals surface area contributed by atoms with Crippen LogP contribution in [0.25, 0.3) is 0 Å². The quantitative estimate of drug-likeness (QED) is 0.829. The summed E-state index contributed by atoms with van der Waals surface area (Å²) in [7, 11) is 0. The van der Waals surface area contributed by atoms with Crippen LogP contribution >= 0.6 is 11.3 Å². The van der Waals surface area contributed by atoms with Crippen LogP contribution < -0.4 is 5.73 Å². The van der Waals surface area contributed by atoms with Crippen LogP contribution in [0, 0.1) is 0 Å². The molecule has 1 aromatic heterocycles. The van der Waals surface area contributed by atoms with E-state index in [0.717, 1.165) is 11.8 Å². The van der Waals surface area contributed by atoms with E-state index >= 15 is 0 Å². The van der Waals surface area contributed by atoms with Crippen molar-refractivity contribution in [3.63, 3.8) is 0 Å². The Bertz CT molecular complexity index is 329. The molecule has 2 aliphatic rings. The van der Waals surface area contributed by atoms with E-state index in [1.54, 1.807) is 0 Å². The largest absolute Gasteiger partial charge is 0.323 e. The molecule has 0 spiro atoms. The van der Waals surface area contributed by atoms with Crippen LogP contribution in [0.5, 0.6) is 0 Å². The van der Waals surface area contributed by atoms with Gasteiger partial charge in [-0.15, -0.1) is 11.3 Å². The molecule has 14 heavy (non-hydrogen) atoms. The first kappa shape index (κ1) is 8.86. The van der Waals surface area contributed by atoms with E-state index in [1.807, 2.05) is 11.3 Å². The molecule has 0 aliphatic heterocycles. The number of hydrogen-bond acceptors (Lipinski definition) is 3. The van der Waals surface area contributed by atoms with Crippen molar-refractivity contribution in [3.05, 3.63) is 15.6 Å². The third-order valence-electron chi connectivity index (χ3n) is 3.00. The Morgan fingerprint density at radius 2 is 1.93 bits per heavy atom. The summed E-state index contributed by atoms with van der Waals surface area (Å²) in [6.07, 6.45) is 5.34. The fourth-order valence-electron chi connectivity index (χ4n) is 1.84. The van der Waals surface area contributed by atoms with E-state index in [2.05, 4.69) is 6.92 Å². The highest BCUT2D eigenvalue weighted by Gasteiger charge is 2.34. The van der Waals surface area contributed by atoms with Crippen molar-refractivity contribution in [1.29, 1.82) is 0 Å². The fraction of sp³-hybridized carbons (Fsp3) is 0.727. The van der Waals surface area contributed by atoms with Crippen LogP contribution in [0.2, 0.25) is 0 Å². The van der Waals surface area contributed by atoms with Crippen molar-refractivity contribution in [1.82, 2.24) is 4.98 Å². The van der Waals surface area contributed by atoms with Gasteiger partial charge < -0.3 is 5.73 Å². The molecular formula is C11H16N2S. The smallest absolute Gasteiger partial charge is 0.0962 e. The predicted molar refractivity (Wildman–Crippen MR) is 58.7 cm³/mol. The molecule has 3 heteroatoms. The zero-order valence-electron chi connectivity index (χ0n) is 8.49. The van der Waals surface area contributed by atoms with Gasteiger partial charge >= 0.3 is 0 Å². The summed E-state index contributed by atoms with van der Waals surface area (Å²) in [5, 5.41) is 1.36. The van der Waals surface area contributed by atoms with Gasteiger partial charge in [0.25, 0.3) is 0 Å². The van der Waals surface area contributed by atoms with E-state index in [1.165, 1.54) is 41.3 Å². The van der Waals surface area contributed by atoms with Crippen molar-refractivity contribution in [3.8, 4) is 0 Å². The van der Waals surface area contributed by atoms with Crippen LogP contribution in [0.4, 0.5) is 0 Å². The highest BCUT2D eigenvalue weighted by molar-refractivity contribution is 7.12. The van der Waals surface area contributed by atoms with Gasteiger partial charge in [0.15, 0.2) is 0 Å². The molecule has 3 rings (SSSR count). The molecule has 0 saturated heterocycles. The second kappa shape index (κ2) is 3.04. The van der Waals surface area contributed by atoms with Crippen molar-refractivity contribution in [2.75, 3.05) is 0 Å². The van der Waals surface area contributed by atoms with Crippen LogP contribution in [0.1, 0.15) is 66.1 Å². The lowest BCUT2D eigenvalue weighted by molar-refractivity contribution is 0.809. The van der Waals surface area contributed by atoms with Gasteiger partial charge in [0, 0.05) is 22.8 Å². The highest BCUT2D eigenvalue weighted by Crippen LogP contribution is 2.48. The van der Waals surface area contributed by atoms with Crippen LogP contribution in [0.15, 0.2) is 0 Å². The number of nitrogens with zero attached hydrogens (tertiary/aromatic N) is 1. The first-order valence-electron chi connectivity index (χ1n) is 5.52. The van der Waals surface area contributed by atoms with Crippen molar-refractivity contribution < 1.29 is 0 Å². The molecule has 2 nitrogen and oxygen atoms in total. The lowest BCUT2D eigenvalue weighted by Crippen LogP contribution is -2.05. The molecule has 1 heterocycles. The molecule has 0 aromatic carbocycles. The Labute approximate surface area is 88.5 Å². The van der Waals surface area contributed by atoms with Crippen LogP contribution in [-0.2, 0) is 0 Å². The first-order valence-corrected chi connectivity index (χ1v) is 6.33. The number of hydrogen-bond donors (Lipinski definition) is 1. The van der Waals surface area contributed by atoms with Gasteiger partial charge in [-0.3, -0.25) is 0 Å². The van der Waals surface area contributed by atoms with Gasteiger partial charge in [-0.1, -0.05) is 0 Å². The molecule has 2 fully saturated rings. The number of nitrogens with two attached hydrogens (primary N) is 1. The Balaban J connectivity index is 1.97. The zero-order chi connectivity index (χ0) is 9.71. The number of rotatable bonds is 3. The summed E-state index contributed by atoms with van der Waals surface area (Å²) < 4.78 is 0. The molecule has 1 aromatic rings. The Morgan fingerprint density at radius 1 is 1.29 bits per heavy atom. The van der Waals surface area contributed by atoms with Gasteiger partial charge in [-0.05, 0) is 32.6 Å². The Kier molecular flexibility index (Phi) is 1.92. The van der Waals surface area contributed by atoms with E-state index in [-0.39, 0.29) is 6.04 Å². The third-order valence-corrected chi connectivity index (χ3v) is 4.44. The topological polar surface area (TPSA) is 38.9 Å². The van der Waals surface area contributed by atoms with Crippen LogP contribution in [-0.4, -0.2) is 4.98 Å². The van der Waals surface area contributed by atoms with Gasteiger partial charge in [0.1, 0.15) is 0 Å². The van der Waals surface area contributed by atoms with Crippen LogP contribution in [0.3, 0.4) is 0 Å². The average Bonchev–Trinajstić information content (AvgIpc) is 3.03. The summed E-state index contributed by atoms with van der Waals surface area (Å²) in [5.74, 6) is 1.53. The summed E-state index contributed by atoms with van der Waals surface area (Å²) in [4.78, 5) is 6.15. The highest BCUT2D eigenvalue weighted by atomic mass is 32.1. The molecule has 76 valence electrons. The Morgan fingerprint density at radius 3 is 2.43 bits per heavy atom. The third kappa shape index (κ3) is 1.48. The molecule has 2 saturated carbocycles. The molecule has 0 amide bonds. The fourth-order valence-corrected chi connectivity index (χ4v) is 3.12. The lowest BCUT2D eigenvalue weighted by Gasteiger charge is -2.02. The maximum Gasteiger partial charge on any atom is 0.0962 e. The molecular weight excluding hydrogens is 192 g/mol. The van der Waals surface area contributed by atoms with Crippen molar-refractivity contribution in [2.24, 2.45) is 5.73 Å². The minimum Gasteiger partial charge on any atom is -0.323 e. The van der Waals surface area contributed by atoms with Gasteiger partial charge in [0.05, 0.1) is 10.7 Å². The molecule has 2 aliphatic carbocycles. The van der Waals surface area contributed by atoms with E-state index in [9.17, 15) is 0 Å². The zero-order valence-corrected chi connectivity index (χ0v) is 9.31. The second-order valence-electron chi connectivity index (χ2n) is 4.64. The molecule has 0 radical (unpaired) electrons. The number of aromatic nitrogens is 1. The lowest BCUT2D eigenvalue weighted by atomic mass is 10.2. The molecule has 1 unspecified atom stereocenters. The van der Waals surface area contributed by atoms with Crippen molar-refractivity contribution >= 4 is 11.3 Å². The molecule has 1 atom stereocenters. The van der Waals surface area contributed by atoms with E-state index < -0.39 is 0 Å². The second-order valence-corrected chi connectivity index (χ2v) is 5.70. The summed E-state index contributed by atoms with van der Waals surface area (Å²) >= 11 is 1.87. The summed E-state index contributed by atoms with van der Waals surface area (Å²) in [5.41, 5.74) is 7.32. The maximum absolute atomic E-state index is 5.98. The predicted octanol–water partition coefficient (Wildman–Crippen LogP) is 2.92. The van der Waals surface area contributed by atoms with Gasteiger partial charge in [-0.2, -0.15) is 0 Å². The molecule has 2 N–H and O–H groups in total. The monoisotopic (exact) mass is 208 g/mol. The molecule has 0 bridgehead atoms. The summed E-state index contributed by atoms with van der Waals surface area (Å²) in [6, 6.07) is 0.176. The first-order chi connectivity index (χ1) is 6.75. The minimum absolute atomic E-state index is 0.176. The SMILES string of the molecule is CC(N)c1sc(C2CC2)nc1C1CC1. The number of thiazole rings is 1. The summed E-state index contributed by atoms with van der Waals surface area (Å²) in [6.45, 7) is 2.08. The normalized spacial score (nSPS) is 23.9. The average molecular weight is 208 g/mol. The van der Waals surface area contributed by atoms with Crippen molar-refractivity contribution in [2.45, 2.75) is 50.5 Å². The van der Waals surface area contributed by atoms with Gasteiger partial charge in [-0.25, -0.2) is 4.98 Å². The maximum atomic E-state index is 5.98. The van der Waals surface area contributed by atoms with E-state index in [4.69, 9.17) is 10.7 Å².